The Morgan fingerprint density at radius 1 is 1.17 bits per heavy atom. The molecule has 0 radical (unpaired) electrons. The summed E-state index contributed by atoms with van der Waals surface area (Å²) in [5.41, 5.74) is -1.39. The Labute approximate surface area is 161 Å². The molecule has 4 rings (SSSR count). The van der Waals surface area contributed by atoms with Gasteiger partial charge in [-0.2, -0.15) is 18.3 Å². The van der Waals surface area contributed by atoms with Crippen molar-refractivity contribution in [2.24, 2.45) is 0 Å². The van der Waals surface area contributed by atoms with Crippen molar-refractivity contribution in [2.75, 3.05) is 13.1 Å². The van der Waals surface area contributed by atoms with Gasteiger partial charge in [-0.15, -0.1) is 0 Å². The highest BCUT2D eigenvalue weighted by Crippen LogP contribution is 2.35. The van der Waals surface area contributed by atoms with Crippen LogP contribution in [0.25, 0.3) is 22.3 Å². The zero-order valence-corrected chi connectivity index (χ0v) is 14.8. The van der Waals surface area contributed by atoms with Crippen molar-refractivity contribution in [1.29, 1.82) is 0 Å². The number of halogens is 4. The van der Waals surface area contributed by atoms with Crippen LogP contribution >= 0.6 is 0 Å². The summed E-state index contributed by atoms with van der Waals surface area (Å²) in [5.74, 6) is -2.07. The Balaban J connectivity index is 1.74. The number of rotatable bonds is 3. The molecule has 0 bridgehead atoms. The van der Waals surface area contributed by atoms with Crippen LogP contribution in [0.3, 0.4) is 0 Å². The minimum absolute atomic E-state index is 0.228. The second kappa shape index (κ2) is 6.38. The highest BCUT2D eigenvalue weighted by molar-refractivity contribution is 5.92. The summed E-state index contributed by atoms with van der Waals surface area (Å²) in [4.78, 5) is 16.9. The number of fused-ring (bicyclic) bond motifs is 1. The summed E-state index contributed by atoms with van der Waals surface area (Å²) in [6, 6.07) is 7.78. The molecule has 1 aromatic carbocycles. The number of β-amino-alcohol motifs (C(OH)–C–C–N with tert-alkyl or cyclic N) is 1. The first-order valence-corrected chi connectivity index (χ1v) is 8.48. The lowest BCUT2D eigenvalue weighted by molar-refractivity contribution is -0.178. The van der Waals surface area contributed by atoms with Crippen LogP contribution in [0.4, 0.5) is 17.6 Å². The first kappa shape index (κ1) is 19.1. The molecule has 2 aromatic heterocycles. The number of carbonyl (C=O) groups excluding carboxylic acids is 1. The Morgan fingerprint density at radius 2 is 1.83 bits per heavy atom. The second-order valence-corrected chi connectivity index (χ2v) is 6.76. The fourth-order valence-electron chi connectivity index (χ4n) is 3.29. The van der Waals surface area contributed by atoms with Crippen molar-refractivity contribution in [3.8, 4) is 11.3 Å². The molecular weight excluding hydrogens is 392 g/mol. The first-order chi connectivity index (χ1) is 13.6. The minimum Gasteiger partial charge on any atom is -0.366 e. The smallest absolute Gasteiger partial charge is 0.366 e. The normalized spacial score (nSPS) is 16.0. The van der Waals surface area contributed by atoms with Gasteiger partial charge < -0.3 is 10.0 Å². The van der Waals surface area contributed by atoms with Crippen LogP contribution in [0, 0.1) is 0 Å². The molecule has 1 aliphatic heterocycles. The fraction of sp³-hybridized carbons (Fsp3) is 0.211. The molecule has 6 nitrogen and oxygen atoms in total. The molecule has 0 aliphatic carbocycles. The quantitative estimate of drug-likeness (QED) is 0.536. The van der Waals surface area contributed by atoms with Gasteiger partial charge in [0.05, 0.1) is 18.7 Å². The van der Waals surface area contributed by atoms with Crippen molar-refractivity contribution in [1.82, 2.24) is 19.7 Å². The Morgan fingerprint density at radius 3 is 2.41 bits per heavy atom. The van der Waals surface area contributed by atoms with Gasteiger partial charge in [0.25, 0.3) is 5.91 Å². The van der Waals surface area contributed by atoms with Gasteiger partial charge in [-0.25, -0.2) is 14.1 Å². The molecule has 10 heteroatoms. The van der Waals surface area contributed by atoms with E-state index in [0.29, 0.717) is 16.6 Å². The minimum atomic E-state index is -4.46. The molecule has 150 valence electrons. The highest BCUT2D eigenvalue weighted by atomic mass is 19.4. The van der Waals surface area contributed by atoms with Gasteiger partial charge in [-0.3, -0.25) is 4.79 Å². The molecular formula is C19H14F4N4O2. The summed E-state index contributed by atoms with van der Waals surface area (Å²) in [6.45, 7) is 2.49. The number of hydrogen-bond donors (Lipinski definition) is 1. The fourth-order valence-corrected chi connectivity index (χ4v) is 3.29. The zero-order chi connectivity index (χ0) is 21.0. The van der Waals surface area contributed by atoms with E-state index in [1.807, 2.05) is 0 Å². The maximum absolute atomic E-state index is 13.0. The number of benzene rings is 1. The van der Waals surface area contributed by atoms with Gasteiger partial charge >= 0.3 is 6.18 Å². The predicted molar refractivity (Wildman–Crippen MR) is 95.0 cm³/mol. The van der Waals surface area contributed by atoms with Crippen LogP contribution in [0.2, 0.25) is 0 Å². The molecule has 3 aromatic rings. The summed E-state index contributed by atoms with van der Waals surface area (Å²) in [5, 5.41) is 15.7. The summed E-state index contributed by atoms with van der Waals surface area (Å²) < 4.78 is 52.7. The van der Waals surface area contributed by atoms with Gasteiger partial charge in [0.1, 0.15) is 5.69 Å². The summed E-state index contributed by atoms with van der Waals surface area (Å²) in [6.07, 6.45) is -2.98. The number of carbonyl (C=O) groups is 1. The van der Waals surface area contributed by atoms with Gasteiger partial charge in [0.15, 0.2) is 17.2 Å². The molecule has 0 unspecified atom stereocenters. The number of hydrogen-bond acceptors (Lipinski definition) is 4. The SMILES string of the molecule is C=C(F)C(=O)N1CC(O)(n2nc(-c3ccc(C(F)(F)F)cc3)c3cccnc32)C1. The maximum atomic E-state index is 13.0. The van der Waals surface area contributed by atoms with Gasteiger partial charge in [0.2, 0.25) is 0 Å². The Hall–Kier alpha value is -3.27. The molecule has 3 heterocycles. The van der Waals surface area contributed by atoms with E-state index in [-0.39, 0.29) is 18.7 Å². The molecule has 1 N–H and O–H groups in total. The summed E-state index contributed by atoms with van der Waals surface area (Å²) >= 11 is 0. The number of likely N-dealkylation sites (tertiary alicyclic amines) is 1. The third-order valence-electron chi connectivity index (χ3n) is 4.73. The van der Waals surface area contributed by atoms with Gasteiger partial charge in [-0.05, 0) is 24.3 Å². The third-order valence-corrected chi connectivity index (χ3v) is 4.73. The van der Waals surface area contributed by atoms with Crippen LogP contribution in [0.15, 0.2) is 55.0 Å². The van der Waals surface area contributed by atoms with Crippen molar-refractivity contribution in [2.45, 2.75) is 11.9 Å². The van der Waals surface area contributed by atoms with Crippen molar-refractivity contribution in [3.63, 3.8) is 0 Å². The standard InChI is InChI=1S/C19H14F4N4O2/c1-11(20)17(28)26-9-18(29,10-26)27-16-14(3-2-8-24-16)15(25-27)12-4-6-13(7-5-12)19(21,22)23/h2-8,29H,1,9-10H2. The lowest BCUT2D eigenvalue weighted by atomic mass is 10.0. The molecule has 0 atom stereocenters. The predicted octanol–water partition coefficient (Wildman–Crippen LogP) is 3.09. The van der Waals surface area contributed by atoms with E-state index in [4.69, 9.17) is 0 Å². The van der Waals surface area contributed by atoms with Crippen LogP contribution in [0.1, 0.15) is 5.56 Å². The number of amides is 1. The van der Waals surface area contributed by atoms with E-state index in [0.717, 1.165) is 17.0 Å². The van der Waals surface area contributed by atoms with Gasteiger partial charge in [-0.1, -0.05) is 18.7 Å². The summed E-state index contributed by atoms with van der Waals surface area (Å²) in [7, 11) is 0. The Kier molecular flexibility index (Phi) is 4.19. The van der Waals surface area contributed by atoms with Crippen molar-refractivity contribution in [3.05, 3.63) is 60.6 Å². The average molecular weight is 406 g/mol. The van der Waals surface area contributed by atoms with Crippen LogP contribution in [-0.4, -0.2) is 43.8 Å². The average Bonchev–Trinajstić information content (AvgIpc) is 3.04. The molecule has 1 fully saturated rings. The van der Waals surface area contributed by atoms with E-state index in [2.05, 4.69) is 16.7 Å². The lowest BCUT2D eigenvalue weighted by Crippen LogP contribution is -2.64. The number of alkyl halides is 3. The number of pyridine rings is 1. The topological polar surface area (TPSA) is 71.2 Å². The number of nitrogens with zero attached hydrogens (tertiary/aromatic N) is 4. The van der Waals surface area contributed by atoms with E-state index in [9.17, 15) is 27.5 Å². The Bertz CT molecular complexity index is 1120. The van der Waals surface area contributed by atoms with E-state index in [1.54, 1.807) is 12.1 Å². The number of aromatic nitrogens is 3. The molecule has 29 heavy (non-hydrogen) atoms. The molecule has 1 amide bonds. The molecule has 0 spiro atoms. The van der Waals surface area contributed by atoms with Crippen LogP contribution in [-0.2, 0) is 16.7 Å². The van der Waals surface area contributed by atoms with E-state index in [1.165, 1.54) is 23.0 Å². The largest absolute Gasteiger partial charge is 0.416 e. The number of aliphatic hydroxyl groups is 1. The molecule has 1 saturated heterocycles. The zero-order valence-electron chi connectivity index (χ0n) is 14.8. The monoisotopic (exact) mass is 406 g/mol. The van der Waals surface area contributed by atoms with Crippen LogP contribution < -0.4 is 0 Å². The maximum Gasteiger partial charge on any atom is 0.416 e. The van der Waals surface area contributed by atoms with Crippen molar-refractivity contribution < 1.29 is 27.5 Å². The van der Waals surface area contributed by atoms with Crippen LogP contribution in [0.5, 0.6) is 0 Å². The molecule has 0 saturated carbocycles. The second-order valence-electron chi connectivity index (χ2n) is 6.76. The van der Waals surface area contributed by atoms with Crippen molar-refractivity contribution >= 4 is 16.9 Å². The third kappa shape index (κ3) is 3.15. The van der Waals surface area contributed by atoms with Gasteiger partial charge in [0, 0.05) is 17.1 Å². The van der Waals surface area contributed by atoms with E-state index < -0.39 is 29.2 Å². The first-order valence-electron chi connectivity index (χ1n) is 8.48. The highest BCUT2D eigenvalue weighted by Gasteiger charge is 2.48. The lowest BCUT2D eigenvalue weighted by Gasteiger charge is -2.45. The molecule has 1 aliphatic rings. The van der Waals surface area contributed by atoms with E-state index >= 15 is 0 Å².